The minimum absolute atomic E-state index is 0.127. The molecule has 1 heterocycles. The summed E-state index contributed by atoms with van der Waals surface area (Å²) in [6.45, 7) is 1.21. The van der Waals surface area contributed by atoms with Crippen molar-refractivity contribution in [1.29, 1.82) is 0 Å². The van der Waals surface area contributed by atoms with E-state index >= 15 is 0 Å². The molecule has 17 heavy (non-hydrogen) atoms. The molecule has 0 saturated carbocycles. The van der Waals surface area contributed by atoms with Gasteiger partial charge in [0.15, 0.2) is 0 Å². The third-order valence-corrected chi connectivity index (χ3v) is 3.71. The highest BCUT2D eigenvalue weighted by Gasteiger charge is 2.38. The lowest BCUT2D eigenvalue weighted by molar-refractivity contribution is -0.384. The van der Waals surface area contributed by atoms with Crippen molar-refractivity contribution in [3.63, 3.8) is 0 Å². The van der Waals surface area contributed by atoms with Gasteiger partial charge >= 0.3 is 0 Å². The minimum Gasteiger partial charge on any atom is -0.260 e. The molecule has 0 spiro atoms. The first kappa shape index (κ1) is 10.2. The lowest BCUT2D eigenvalue weighted by atomic mass is 9.97. The number of nitro groups is 1. The predicted molar refractivity (Wildman–Crippen MR) is 60.6 cm³/mol. The first-order valence-electron chi connectivity index (χ1n) is 5.55. The molecule has 2 bridgehead atoms. The van der Waals surface area contributed by atoms with Crippen molar-refractivity contribution in [2.24, 2.45) is 5.29 Å². The van der Waals surface area contributed by atoms with E-state index in [2.05, 4.69) is 5.29 Å². The van der Waals surface area contributed by atoms with Gasteiger partial charge in [0.1, 0.15) is 0 Å². The van der Waals surface area contributed by atoms with E-state index in [1.165, 1.54) is 11.1 Å². The van der Waals surface area contributed by atoms with Crippen LogP contribution in [0.2, 0.25) is 0 Å². The Hall–Kier alpha value is -1.98. The molecule has 3 rings (SSSR count). The number of nitrogens with zero attached hydrogens (tertiary/aromatic N) is 3. The molecule has 6 nitrogen and oxygen atoms in total. The van der Waals surface area contributed by atoms with Crippen molar-refractivity contribution >= 4 is 5.69 Å². The fraction of sp³-hybridized carbons (Fsp3) is 0.455. The summed E-state index contributed by atoms with van der Waals surface area (Å²) in [4.78, 5) is 20.9. The van der Waals surface area contributed by atoms with E-state index in [-0.39, 0.29) is 16.5 Å². The van der Waals surface area contributed by atoms with Crippen LogP contribution in [0.3, 0.4) is 0 Å². The van der Waals surface area contributed by atoms with Crippen molar-refractivity contribution in [2.75, 3.05) is 13.1 Å². The van der Waals surface area contributed by atoms with E-state index in [0.717, 1.165) is 17.5 Å². The van der Waals surface area contributed by atoms with Crippen molar-refractivity contribution < 1.29 is 4.92 Å². The second-order valence-electron chi connectivity index (χ2n) is 4.65. The van der Waals surface area contributed by atoms with Crippen LogP contribution in [0.5, 0.6) is 0 Å². The van der Waals surface area contributed by atoms with Crippen LogP contribution in [0, 0.1) is 15.0 Å². The molecular weight excluding hydrogens is 222 g/mol. The van der Waals surface area contributed by atoms with Gasteiger partial charge in [0.05, 0.1) is 10.2 Å². The normalized spacial score (nSPS) is 25.5. The van der Waals surface area contributed by atoms with E-state index < -0.39 is 0 Å². The van der Waals surface area contributed by atoms with Crippen molar-refractivity contribution in [3.05, 3.63) is 44.3 Å². The number of benzene rings is 1. The Balaban J connectivity index is 2.02. The summed E-state index contributed by atoms with van der Waals surface area (Å²) in [6.07, 6.45) is 0.975. The Kier molecular flexibility index (Phi) is 2.10. The van der Waals surface area contributed by atoms with Gasteiger partial charge in [-0.1, -0.05) is 6.07 Å². The van der Waals surface area contributed by atoms with Crippen LogP contribution in [-0.2, 0) is 0 Å². The standard InChI is InChI=1S/C11H11N3O3/c15-12-13-5-7-3-8(6-13)11-4-9(14(16)17)1-2-10(7)11/h1-2,4,7-8H,3,5-6H2. The molecular formula is C11H11N3O3. The summed E-state index contributed by atoms with van der Waals surface area (Å²) in [5.41, 5.74) is 2.30. The van der Waals surface area contributed by atoms with Crippen LogP contribution in [0.4, 0.5) is 5.69 Å². The zero-order valence-electron chi connectivity index (χ0n) is 9.07. The average Bonchev–Trinajstić information content (AvgIpc) is 2.61. The summed E-state index contributed by atoms with van der Waals surface area (Å²) in [7, 11) is 0. The zero-order chi connectivity index (χ0) is 12.0. The van der Waals surface area contributed by atoms with Crippen LogP contribution in [0.25, 0.3) is 0 Å². The van der Waals surface area contributed by atoms with Crippen molar-refractivity contribution in [2.45, 2.75) is 18.3 Å². The van der Waals surface area contributed by atoms with Crippen LogP contribution in [0.1, 0.15) is 29.4 Å². The number of hydrogen-bond donors (Lipinski definition) is 0. The maximum atomic E-state index is 10.7. The highest BCUT2D eigenvalue weighted by atomic mass is 16.6. The number of piperidine rings is 1. The highest BCUT2D eigenvalue weighted by molar-refractivity contribution is 5.47. The number of nitroso groups, excluding NO2 is 1. The monoisotopic (exact) mass is 233 g/mol. The third-order valence-electron chi connectivity index (χ3n) is 3.71. The molecule has 1 aliphatic carbocycles. The zero-order valence-corrected chi connectivity index (χ0v) is 9.07. The maximum Gasteiger partial charge on any atom is 0.269 e. The number of nitro benzene ring substituents is 1. The summed E-state index contributed by atoms with van der Waals surface area (Å²) >= 11 is 0. The molecule has 6 heteroatoms. The van der Waals surface area contributed by atoms with Gasteiger partial charge in [-0.3, -0.25) is 15.1 Å². The molecule has 0 radical (unpaired) electrons. The van der Waals surface area contributed by atoms with Gasteiger partial charge < -0.3 is 0 Å². The number of rotatable bonds is 2. The molecule has 1 aliphatic heterocycles. The second kappa shape index (κ2) is 3.51. The Morgan fingerprint density at radius 3 is 2.65 bits per heavy atom. The second-order valence-corrected chi connectivity index (χ2v) is 4.65. The molecule has 1 fully saturated rings. The third kappa shape index (κ3) is 1.48. The van der Waals surface area contributed by atoms with Crippen LogP contribution >= 0.6 is 0 Å². The molecule has 1 saturated heterocycles. The Morgan fingerprint density at radius 1 is 1.29 bits per heavy atom. The van der Waals surface area contributed by atoms with Gasteiger partial charge in [-0.05, 0) is 17.5 Å². The topological polar surface area (TPSA) is 75.8 Å². The van der Waals surface area contributed by atoms with Gasteiger partial charge in [-0.2, -0.15) is 0 Å². The average molecular weight is 233 g/mol. The Bertz CT molecular complexity index is 503. The molecule has 1 aromatic rings. The van der Waals surface area contributed by atoms with Crippen LogP contribution in [-0.4, -0.2) is 23.0 Å². The molecule has 1 aromatic carbocycles. The molecule has 0 aromatic heterocycles. The number of fused-ring (bicyclic) bond motifs is 5. The summed E-state index contributed by atoms with van der Waals surface area (Å²) in [5, 5.41) is 15.2. The number of hydrogen-bond acceptors (Lipinski definition) is 4. The van der Waals surface area contributed by atoms with E-state index in [0.29, 0.717) is 19.0 Å². The van der Waals surface area contributed by atoms with Gasteiger partial charge in [0.25, 0.3) is 5.69 Å². The SMILES string of the molecule is O=NN1CC2CC(C1)c1cc([N+](=O)[O-])ccc12. The minimum atomic E-state index is -0.377. The lowest BCUT2D eigenvalue weighted by Gasteiger charge is -2.26. The number of non-ortho nitro benzene ring substituents is 1. The van der Waals surface area contributed by atoms with E-state index in [1.54, 1.807) is 6.07 Å². The summed E-state index contributed by atoms with van der Waals surface area (Å²) in [5.74, 6) is 0.503. The molecule has 0 N–H and O–H groups in total. The largest absolute Gasteiger partial charge is 0.269 e. The van der Waals surface area contributed by atoms with E-state index in [9.17, 15) is 15.0 Å². The lowest BCUT2D eigenvalue weighted by Crippen LogP contribution is -2.30. The summed E-state index contributed by atoms with van der Waals surface area (Å²) in [6, 6.07) is 5.01. The molecule has 2 aliphatic rings. The molecule has 0 amide bonds. The predicted octanol–water partition coefficient (Wildman–Crippen LogP) is 2.16. The maximum absolute atomic E-state index is 10.7. The first-order valence-corrected chi connectivity index (χ1v) is 5.55. The Labute approximate surface area is 97.3 Å². The van der Waals surface area contributed by atoms with Gasteiger partial charge in [-0.15, -0.1) is 4.91 Å². The van der Waals surface area contributed by atoms with Crippen LogP contribution in [0.15, 0.2) is 23.5 Å². The van der Waals surface area contributed by atoms with Crippen molar-refractivity contribution in [1.82, 2.24) is 5.01 Å². The molecule has 88 valence electrons. The smallest absolute Gasteiger partial charge is 0.260 e. The quantitative estimate of drug-likeness (QED) is 0.445. The fourth-order valence-corrected chi connectivity index (χ4v) is 2.99. The van der Waals surface area contributed by atoms with Gasteiger partial charge in [-0.25, -0.2) is 0 Å². The fourth-order valence-electron chi connectivity index (χ4n) is 2.99. The summed E-state index contributed by atoms with van der Waals surface area (Å²) < 4.78 is 0. The highest BCUT2D eigenvalue weighted by Crippen LogP contribution is 2.46. The van der Waals surface area contributed by atoms with Gasteiger partial charge in [0, 0.05) is 37.1 Å². The van der Waals surface area contributed by atoms with Crippen molar-refractivity contribution in [3.8, 4) is 0 Å². The molecule has 2 unspecified atom stereocenters. The van der Waals surface area contributed by atoms with Crippen LogP contribution < -0.4 is 0 Å². The Morgan fingerprint density at radius 2 is 2.00 bits per heavy atom. The first-order chi connectivity index (χ1) is 8.19. The van der Waals surface area contributed by atoms with E-state index in [1.807, 2.05) is 6.07 Å². The van der Waals surface area contributed by atoms with E-state index in [4.69, 9.17) is 0 Å². The van der Waals surface area contributed by atoms with Gasteiger partial charge in [0.2, 0.25) is 0 Å². The molecule has 2 atom stereocenters.